The van der Waals surface area contributed by atoms with Gasteiger partial charge in [0.25, 0.3) is 0 Å². The second kappa shape index (κ2) is 6.28. The zero-order chi connectivity index (χ0) is 12.0. The van der Waals surface area contributed by atoms with Crippen molar-refractivity contribution in [1.82, 2.24) is 0 Å². The molecule has 0 bridgehead atoms. The molecule has 0 aliphatic heterocycles. The van der Waals surface area contributed by atoms with E-state index in [4.69, 9.17) is 9.84 Å². The Kier molecular flexibility index (Phi) is 4.99. The molecule has 0 saturated heterocycles. The highest BCUT2D eigenvalue weighted by molar-refractivity contribution is 5.69. The molecule has 0 fully saturated rings. The summed E-state index contributed by atoms with van der Waals surface area (Å²) >= 11 is 0. The van der Waals surface area contributed by atoms with Gasteiger partial charge in [0.05, 0.1) is 19.1 Å². The quantitative estimate of drug-likeness (QED) is 0.804. The van der Waals surface area contributed by atoms with Crippen molar-refractivity contribution in [3.63, 3.8) is 0 Å². The highest BCUT2D eigenvalue weighted by Gasteiger charge is 2.19. The lowest BCUT2D eigenvalue weighted by atomic mass is 9.97. The number of ether oxygens (including phenoxy) is 1. The second-order valence-corrected chi connectivity index (χ2v) is 4.10. The van der Waals surface area contributed by atoms with Gasteiger partial charge in [-0.15, -0.1) is 0 Å². The summed E-state index contributed by atoms with van der Waals surface area (Å²) < 4.78 is 5.49. The molecule has 0 heterocycles. The van der Waals surface area contributed by atoms with Crippen LogP contribution in [0.15, 0.2) is 30.3 Å². The molecule has 0 aromatic heterocycles. The number of rotatable bonds is 6. The van der Waals surface area contributed by atoms with Crippen molar-refractivity contribution in [1.29, 1.82) is 0 Å². The van der Waals surface area contributed by atoms with E-state index >= 15 is 0 Å². The summed E-state index contributed by atoms with van der Waals surface area (Å²) in [7, 11) is 0. The highest BCUT2D eigenvalue weighted by atomic mass is 16.5. The van der Waals surface area contributed by atoms with Crippen LogP contribution in [0.1, 0.15) is 19.4 Å². The fraction of sp³-hybridized carbons (Fsp3) is 0.462. The van der Waals surface area contributed by atoms with E-state index in [1.807, 2.05) is 37.3 Å². The lowest BCUT2D eigenvalue weighted by Gasteiger charge is -2.15. The fourth-order valence-electron chi connectivity index (χ4n) is 1.32. The molecule has 2 unspecified atom stereocenters. The van der Waals surface area contributed by atoms with E-state index in [0.717, 1.165) is 5.56 Å². The average molecular weight is 222 g/mol. The van der Waals surface area contributed by atoms with Crippen LogP contribution in [-0.2, 0) is 16.1 Å². The first kappa shape index (κ1) is 12.7. The maximum atomic E-state index is 10.7. The summed E-state index contributed by atoms with van der Waals surface area (Å²) in [6.45, 7) is 4.61. The van der Waals surface area contributed by atoms with Crippen molar-refractivity contribution < 1.29 is 14.6 Å². The molecule has 1 N–H and O–H groups in total. The first-order valence-corrected chi connectivity index (χ1v) is 5.45. The molecule has 0 saturated carbocycles. The monoisotopic (exact) mass is 222 g/mol. The molecule has 0 aliphatic carbocycles. The Hall–Kier alpha value is -1.35. The molecule has 3 nitrogen and oxygen atoms in total. The maximum absolute atomic E-state index is 10.7. The molecule has 0 amide bonds. The molecule has 1 aromatic carbocycles. The number of hydrogen-bond donors (Lipinski definition) is 1. The minimum Gasteiger partial charge on any atom is -0.481 e. The van der Waals surface area contributed by atoms with Crippen LogP contribution < -0.4 is 0 Å². The minimum absolute atomic E-state index is 0.0289. The molecule has 16 heavy (non-hydrogen) atoms. The molecule has 0 radical (unpaired) electrons. The summed E-state index contributed by atoms with van der Waals surface area (Å²) in [4.78, 5) is 10.7. The number of benzene rings is 1. The molecule has 1 rings (SSSR count). The summed E-state index contributed by atoms with van der Waals surface area (Å²) in [5, 5.41) is 8.81. The van der Waals surface area contributed by atoms with Crippen molar-refractivity contribution in [3.8, 4) is 0 Å². The number of carboxylic acids is 1. The SMILES string of the molecule is CC(COCc1ccccc1)C(C)C(=O)O. The third-order valence-electron chi connectivity index (χ3n) is 2.74. The summed E-state index contributed by atoms with van der Waals surface area (Å²) in [5.41, 5.74) is 1.11. The highest BCUT2D eigenvalue weighted by Crippen LogP contribution is 2.12. The second-order valence-electron chi connectivity index (χ2n) is 4.10. The third-order valence-corrected chi connectivity index (χ3v) is 2.74. The molecular weight excluding hydrogens is 204 g/mol. The van der Waals surface area contributed by atoms with Gasteiger partial charge in [0.2, 0.25) is 0 Å². The number of aliphatic carboxylic acids is 1. The zero-order valence-electron chi connectivity index (χ0n) is 9.72. The van der Waals surface area contributed by atoms with Crippen molar-refractivity contribution in [2.24, 2.45) is 11.8 Å². The fourth-order valence-corrected chi connectivity index (χ4v) is 1.32. The molecule has 88 valence electrons. The lowest BCUT2D eigenvalue weighted by molar-refractivity contribution is -0.143. The van der Waals surface area contributed by atoms with Gasteiger partial charge in [0.15, 0.2) is 0 Å². The van der Waals surface area contributed by atoms with Crippen molar-refractivity contribution in [3.05, 3.63) is 35.9 Å². The van der Waals surface area contributed by atoms with Crippen molar-refractivity contribution in [2.45, 2.75) is 20.5 Å². The Balaban J connectivity index is 2.28. The summed E-state index contributed by atoms with van der Waals surface area (Å²) in [6.07, 6.45) is 0. The Morgan fingerprint density at radius 2 is 1.94 bits per heavy atom. The van der Waals surface area contributed by atoms with E-state index in [9.17, 15) is 4.79 Å². The van der Waals surface area contributed by atoms with E-state index in [0.29, 0.717) is 13.2 Å². The van der Waals surface area contributed by atoms with Crippen molar-refractivity contribution >= 4 is 5.97 Å². The lowest BCUT2D eigenvalue weighted by Crippen LogP contribution is -2.22. The van der Waals surface area contributed by atoms with Crippen LogP contribution in [0, 0.1) is 11.8 Å². The van der Waals surface area contributed by atoms with Crippen molar-refractivity contribution in [2.75, 3.05) is 6.61 Å². The molecule has 0 spiro atoms. The Labute approximate surface area is 96.1 Å². The van der Waals surface area contributed by atoms with Crippen LogP contribution in [0.25, 0.3) is 0 Å². The number of hydrogen-bond acceptors (Lipinski definition) is 2. The van der Waals surface area contributed by atoms with Gasteiger partial charge in [-0.2, -0.15) is 0 Å². The largest absolute Gasteiger partial charge is 0.481 e. The van der Waals surface area contributed by atoms with Gasteiger partial charge in [-0.3, -0.25) is 4.79 Å². The normalized spacial score (nSPS) is 14.4. The van der Waals surface area contributed by atoms with Gasteiger partial charge in [0.1, 0.15) is 0 Å². The molecule has 2 atom stereocenters. The van der Waals surface area contributed by atoms with Crippen LogP contribution in [0.2, 0.25) is 0 Å². The van der Waals surface area contributed by atoms with Gasteiger partial charge in [-0.1, -0.05) is 44.2 Å². The molecular formula is C13H18O3. The van der Waals surface area contributed by atoms with Gasteiger partial charge in [-0.25, -0.2) is 0 Å². The van der Waals surface area contributed by atoms with E-state index < -0.39 is 5.97 Å². The van der Waals surface area contributed by atoms with Crippen LogP contribution in [0.3, 0.4) is 0 Å². The van der Waals surface area contributed by atoms with Gasteiger partial charge >= 0.3 is 5.97 Å². The van der Waals surface area contributed by atoms with E-state index in [-0.39, 0.29) is 11.8 Å². The minimum atomic E-state index is -0.768. The Morgan fingerprint density at radius 1 is 1.31 bits per heavy atom. The summed E-state index contributed by atoms with van der Waals surface area (Å²) in [5.74, 6) is -1.10. The molecule has 3 heteroatoms. The Morgan fingerprint density at radius 3 is 2.50 bits per heavy atom. The van der Waals surface area contributed by atoms with Gasteiger partial charge < -0.3 is 9.84 Å². The predicted molar refractivity (Wildman–Crippen MR) is 62.1 cm³/mol. The van der Waals surface area contributed by atoms with Crippen LogP contribution in [0.5, 0.6) is 0 Å². The van der Waals surface area contributed by atoms with E-state index in [1.165, 1.54) is 0 Å². The van der Waals surface area contributed by atoms with Crippen LogP contribution >= 0.6 is 0 Å². The number of carbonyl (C=O) groups is 1. The van der Waals surface area contributed by atoms with Crippen LogP contribution in [-0.4, -0.2) is 17.7 Å². The van der Waals surface area contributed by atoms with E-state index in [1.54, 1.807) is 6.92 Å². The molecule has 0 aliphatic rings. The Bertz CT molecular complexity index is 321. The first-order valence-electron chi connectivity index (χ1n) is 5.45. The standard InChI is InChI=1S/C13H18O3/c1-10(11(2)13(14)15)8-16-9-12-6-4-3-5-7-12/h3-7,10-11H,8-9H2,1-2H3,(H,14,15). The smallest absolute Gasteiger partial charge is 0.306 e. The zero-order valence-corrected chi connectivity index (χ0v) is 9.72. The summed E-state index contributed by atoms with van der Waals surface area (Å²) in [6, 6.07) is 9.86. The van der Waals surface area contributed by atoms with Gasteiger partial charge in [0, 0.05) is 0 Å². The third kappa shape index (κ3) is 4.03. The predicted octanol–water partition coefficient (Wildman–Crippen LogP) is 2.56. The first-order chi connectivity index (χ1) is 7.61. The maximum Gasteiger partial charge on any atom is 0.306 e. The number of carboxylic acid groups (broad SMARTS) is 1. The molecule has 1 aromatic rings. The topological polar surface area (TPSA) is 46.5 Å². The van der Waals surface area contributed by atoms with Crippen LogP contribution in [0.4, 0.5) is 0 Å². The van der Waals surface area contributed by atoms with Gasteiger partial charge in [-0.05, 0) is 11.5 Å². The van der Waals surface area contributed by atoms with E-state index in [2.05, 4.69) is 0 Å². The average Bonchev–Trinajstić information content (AvgIpc) is 2.29.